The Kier molecular flexibility index (Phi) is 5.41. The standard InChI is InChI=1S/C15H19NO2/c1-4-16(3)15(18)14-10-12(2)9-13(11-14)7-5-6-8-17/h9-11,17H,4,6,8H2,1-3H3. The van der Waals surface area contributed by atoms with Crippen LogP contribution in [0.3, 0.4) is 0 Å². The van der Waals surface area contributed by atoms with Crippen molar-refractivity contribution >= 4 is 5.91 Å². The molecule has 0 bridgehead atoms. The van der Waals surface area contributed by atoms with Crippen molar-refractivity contribution in [3.63, 3.8) is 0 Å². The molecule has 0 aromatic heterocycles. The van der Waals surface area contributed by atoms with E-state index in [1.807, 2.05) is 26.0 Å². The molecule has 1 aromatic carbocycles. The van der Waals surface area contributed by atoms with E-state index in [0.29, 0.717) is 18.5 Å². The Morgan fingerprint density at radius 2 is 2.11 bits per heavy atom. The first-order chi connectivity index (χ1) is 8.58. The highest BCUT2D eigenvalue weighted by Gasteiger charge is 2.10. The minimum atomic E-state index is 0.00593. The predicted octanol–water partition coefficient (Wildman–Crippen LogP) is 1.82. The Morgan fingerprint density at radius 1 is 1.39 bits per heavy atom. The molecule has 1 amide bonds. The molecule has 0 radical (unpaired) electrons. The van der Waals surface area contributed by atoms with Crippen molar-refractivity contribution in [3.05, 3.63) is 34.9 Å². The molecular formula is C15H19NO2. The minimum absolute atomic E-state index is 0.00593. The van der Waals surface area contributed by atoms with Crippen LogP contribution in [0.4, 0.5) is 0 Å². The fourth-order valence-corrected chi connectivity index (χ4v) is 1.56. The average molecular weight is 245 g/mol. The molecule has 1 rings (SSSR count). The first kappa shape index (κ1) is 14.3. The van der Waals surface area contributed by atoms with E-state index in [4.69, 9.17) is 5.11 Å². The number of carbonyl (C=O) groups is 1. The van der Waals surface area contributed by atoms with Crippen LogP contribution in [0.1, 0.15) is 34.8 Å². The summed E-state index contributed by atoms with van der Waals surface area (Å²) in [6.45, 7) is 4.62. The summed E-state index contributed by atoms with van der Waals surface area (Å²) in [5, 5.41) is 8.68. The van der Waals surface area contributed by atoms with Gasteiger partial charge in [0.2, 0.25) is 0 Å². The molecule has 0 aliphatic rings. The van der Waals surface area contributed by atoms with Gasteiger partial charge in [0.15, 0.2) is 0 Å². The molecule has 0 atom stereocenters. The summed E-state index contributed by atoms with van der Waals surface area (Å²) in [6.07, 6.45) is 0.450. The highest BCUT2D eigenvalue weighted by molar-refractivity contribution is 5.94. The first-order valence-corrected chi connectivity index (χ1v) is 6.05. The number of hydrogen-bond acceptors (Lipinski definition) is 2. The molecule has 1 aromatic rings. The van der Waals surface area contributed by atoms with Crippen LogP contribution in [0.5, 0.6) is 0 Å². The van der Waals surface area contributed by atoms with E-state index in [2.05, 4.69) is 11.8 Å². The summed E-state index contributed by atoms with van der Waals surface area (Å²) in [6, 6.07) is 5.60. The summed E-state index contributed by atoms with van der Waals surface area (Å²) in [4.78, 5) is 13.7. The van der Waals surface area contributed by atoms with Crippen LogP contribution in [-0.2, 0) is 0 Å². The van der Waals surface area contributed by atoms with Crippen LogP contribution >= 0.6 is 0 Å². The monoisotopic (exact) mass is 245 g/mol. The van der Waals surface area contributed by atoms with Gasteiger partial charge in [0.25, 0.3) is 5.91 Å². The lowest BCUT2D eigenvalue weighted by Crippen LogP contribution is -2.26. The van der Waals surface area contributed by atoms with Gasteiger partial charge in [0.1, 0.15) is 0 Å². The van der Waals surface area contributed by atoms with Gasteiger partial charge >= 0.3 is 0 Å². The van der Waals surface area contributed by atoms with Crippen molar-refractivity contribution in [2.24, 2.45) is 0 Å². The molecule has 0 spiro atoms. The Balaban J connectivity index is 3.02. The second-order valence-corrected chi connectivity index (χ2v) is 4.18. The lowest BCUT2D eigenvalue weighted by Gasteiger charge is -2.14. The maximum absolute atomic E-state index is 12.0. The van der Waals surface area contributed by atoms with Gasteiger partial charge in [-0.15, -0.1) is 0 Å². The Labute approximate surface area is 108 Å². The highest BCUT2D eigenvalue weighted by Crippen LogP contribution is 2.11. The maximum Gasteiger partial charge on any atom is 0.253 e. The van der Waals surface area contributed by atoms with Crippen molar-refractivity contribution in [2.45, 2.75) is 20.3 Å². The van der Waals surface area contributed by atoms with Gasteiger partial charge in [-0.1, -0.05) is 11.8 Å². The third kappa shape index (κ3) is 3.90. The van der Waals surface area contributed by atoms with Gasteiger partial charge in [-0.25, -0.2) is 0 Å². The second kappa shape index (κ2) is 6.83. The van der Waals surface area contributed by atoms with Crippen molar-refractivity contribution in [2.75, 3.05) is 20.2 Å². The summed E-state index contributed by atoms with van der Waals surface area (Å²) in [7, 11) is 1.78. The van der Waals surface area contributed by atoms with Gasteiger partial charge in [0, 0.05) is 31.1 Å². The van der Waals surface area contributed by atoms with Gasteiger partial charge in [-0.3, -0.25) is 4.79 Å². The van der Waals surface area contributed by atoms with E-state index in [1.54, 1.807) is 18.0 Å². The molecule has 0 aliphatic heterocycles. The summed E-state index contributed by atoms with van der Waals surface area (Å²) in [5.74, 6) is 5.83. The van der Waals surface area contributed by atoms with Crippen molar-refractivity contribution in [1.29, 1.82) is 0 Å². The topological polar surface area (TPSA) is 40.5 Å². The zero-order valence-electron chi connectivity index (χ0n) is 11.2. The molecule has 18 heavy (non-hydrogen) atoms. The smallest absolute Gasteiger partial charge is 0.253 e. The van der Waals surface area contributed by atoms with Crippen molar-refractivity contribution in [3.8, 4) is 11.8 Å². The molecule has 0 heterocycles. The van der Waals surface area contributed by atoms with E-state index in [-0.39, 0.29) is 12.5 Å². The highest BCUT2D eigenvalue weighted by atomic mass is 16.2. The lowest BCUT2D eigenvalue weighted by molar-refractivity contribution is 0.0802. The fraction of sp³-hybridized carbons (Fsp3) is 0.400. The number of carbonyl (C=O) groups excluding carboxylic acids is 1. The van der Waals surface area contributed by atoms with E-state index in [1.165, 1.54) is 0 Å². The third-order valence-corrected chi connectivity index (χ3v) is 2.61. The SMILES string of the molecule is CCN(C)C(=O)c1cc(C)cc(C#CCCO)c1. The van der Waals surface area contributed by atoms with E-state index in [9.17, 15) is 4.79 Å². The number of aryl methyl sites for hydroxylation is 1. The number of rotatable bonds is 3. The second-order valence-electron chi connectivity index (χ2n) is 4.18. The van der Waals surface area contributed by atoms with Gasteiger partial charge in [-0.05, 0) is 37.6 Å². The summed E-state index contributed by atoms with van der Waals surface area (Å²) < 4.78 is 0. The van der Waals surface area contributed by atoms with Crippen LogP contribution in [0, 0.1) is 18.8 Å². The molecule has 0 aliphatic carbocycles. The Bertz CT molecular complexity index is 483. The molecule has 0 saturated heterocycles. The average Bonchev–Trinajstić information content (AvgIpc) is 2.36. The van der Waals surface area contributed by atoms with Gasteiger partial charge in [0.05, 0.1) is 6.61 Å². The van der Waals surface area contributed by atoms with Crippen LogP contribution in [0.2, 0.25) is 0 Å². The quantitative estimate of drug-likeness (QED) is 0.825. The van der Waals surface area contributed by atoms with E-state index >= 15 is 0 Å². The number of nitrogens with zero attached hydrogens (tertiary/aromatic N) is 1. The van der Waals surface area contributed by atoms with Crippen LogP contribution < -0.4 is 0 Å². The molecule has 0 unspecified atom stereocenters. The molecule has 3 heteroatoms. The van der Waals surface area contributed by atoms with E-state index in [0.717, 1.165) is 11.1 Å². The molecular weight excluding hydrogens is 226 g/mol. The molecule has 0 saturated carbocycles. The first-order valence-electron chi connectivity index (χ1n) is 6.05. The zero-order chi connectivity index (χ0) is 13.5. The predicted molar refractivity (Wildman–Crippen MR) is 72.4 cm³/mol. The van der Waals surface area contributed by atoms with Crippen molar-refractivity contribution < 1.29 is 9.90 Å². The number of benzene rings is 1. The van der Waals surface area contributed by atoms with E-state index < -0.39 is 0 Å². The van der Waals surface area contributed by atoms with Crippen LogP contribution in [0.25, 0.3) is 0 Å². The van der Waals surface area contributed by atoms with Crippen LogP contribution in [-0.4, -0.2) is 36.1 Å². The fourth-order valence-electron chi connectivity index (χ4n) is 1.56. The van der Waals surface area contributed by atoms with Crippen LogP contribution in [0.15, 0.2) is 18.2 Å². The molecule has 1 N–H and O–H groups in total. The van der Waals surface area contributed by atoms with Crippen molar-refractivity contribution in [1.82, 2.24) is 4.90 Å². The Hall–Kier alpha value is -1.79. The zero-order valence-corrected chi connectivity index (χ0v) is 11.2. The minimum Gasteiger partial charge on any atom is -0.395 e. The number of aliphatic hydroxyl groups excluding tert-OH is 1. The molecule has 3 nitrogen and oxygen atoms in total. The Morgan fingerprint density at radius 3 is 2.72 bits per heavy atom. The summed E-state index contributed by atoms with van der Waals surface area (Å²) >= 11 is 0. The maximum atomic E-state index is 12.0. The molecule has 96 valence electrons. The third-order valence-electron chi connectivity index (χ3n) is 2.61. The van der Waals surface area contributed by atoms with Gasteiger partial charge < -0.3 is 10.0 Å². The normalized spacial score (nSPS) is 9.56. The lowest BCUT2D eigenvalue weighted by atomic mass is 10.1. The number of hydrogen-bond donors (Lipinski definition) is 1. The molecule has 0 fully saturated rings. The number of aliphatic hydroxyl groups is 1. The largest absolute Gasteiger partial charge is 0.395 e. The summed E-state index contributed by atoms with van der Waals surface area (Å²) in [5.41, 5.74) is 2.49. The van der Waals surface area contributed by atoms with Gasteiger partial charge in [-0.2, -0.15) is 0 Å². The number of amides is 1.